The highest BCUT2D eigenvalue weighted by atomic mass is 35.5. The highest BCUT2D eigenvalue weighted by Crippen LogP contribution is 2.19. The molecule has 0 bridgehead atoms. The number of thiocarbonyl (C=S) groups is 1. The van der Waals surface area contributed by atoms with Crippen LogP contribution < -0.4 is 10.6 Å². The standard InChI is InChI=1S/C13H16ClN3S/c1-4-13(2,3)17-12(18)16-11-6-9(8-15)5-10(14)7-11/h5-7H,4H2,1-3H3,(H2,16,17,18). The summed E-state index contributed by atoms with van der Waals surface area (Å²) >= 11 is 11.1. The van der Waals surface area contributed by atoms with Gasteiger partial charge in [-0.1, -0.05) is 18.5 Å². The molecular weight excluding hydrogens is 266 g/mol. The number of anilines is 1. The molecule has 3 nitrogen and oxygen atoms in total. The molecular formula is C13H16ClN3S. The summed E-state index contributed by atoms with van der Waals surface area (Å²) in [5, 5.41) is 16.1. The van der Waals surface area contributed by atoms with Crippen LogP contribution in [0.25, 0.3) is 0 Å². The molecule has 0 saturated carbocycles. The van der Waals surface area contributed by atoms with Crippen LogP contribution in [0.1, 0.15) is 32.8 Å². The fraction of sp³-hybridized carbons (Fsp3) is 0.385. The van der Waals surface area contributed by atoms with E-state index < -0.39 is 0 Å². The first-order valence-corrected chi connectivity index (χ1v) is 6.45. The number of nitriles is 1. The molecule has 0 saturated heterocycles. The molecule has 0 amide bonds. The van der Waals surface area contributed by atoms with E-state index in [1.165, 1.54) is 0 Å². The number of rotatable bonds is 3. The van der Waals surface area contributed by atoms with Gasteiger partial charge in [0.15, 0.2) is 5.11 Å². The Balaban J connectivity index is 2.77. The third kappa shape index (κ3) is 4.52. The highest BCUT2D eigenvalue weighted by molar-refractivity contribution is 7.80. The first-order chi connectivity index (χ1) is 8.36. The largest absolute Gasteiger partial charge is 0.358 e. The minimum absolute atomic E-state index is 0.0687. The normalized spacial score (nSPS) is 10.6. The number of nitrogens with one attached hydrogen (secondary N) is 2. The third-order valence-electron chi connectivity index (χ3n) is 2.62. The fourth-order valence-corrected chi connectivity index (χ4v) is 1.91. The topological polar surface area (TPSA) is 47.8 Å². The van der Waals surface area contributed by atoms with Gasteiger partial charge in [0.05, 0.1) is 11.6 Å². The lowest BCUT2D eigenvalue weighted by molar-refractivity contribution is 0.448. The van der Waals surface area contributed by atoms with Gasteiger partial charge in [0, 0.05) is 16.2 Å². The lowest BCUT2D eigenvalue weighted by atomic mass is 10.0. The highest BCUT2D eigenvalue weighted by Gasteiger charge is 2.15. The maximum atomic E-state index is 8.86. The van der Waals surface area contributed by atoms with Gasteiger partial charge in [0.2, 0.25) is 0 Å². The number of benzene rings is 1. The predicted molar refractivity (Wildman–Crippen MR) is 79.9 cm³/mol. The summed E-state index contributed by atoms with van der Waals surface area (Å²) in [5.74, 6) is 0. The molecule has 0 aromatic heterocycles. The van der Waals surface area contributed by atoms with Gasteiger partial charge in [-0.15, -0.1) is 0 Å². The van der Waals surface area contributed by atoms with Crippen molar-refractivity contribution in [3.8, 4) is 6.07 Å². The number of hydrogen-bond donors (Lipinski definition) is 2. The van der Waals surface area contributed by atoms with E-state index in [2.05, 4.69) is 37.5 Å². The van der Waals surface area contributed by atoms with Crippen molar-refractivity contribution in [2.24, 2.45) is 0 Å². The van der Waals surface area contributed by atoms with E-state index in [0.717, 1.165) is 6.42 Å². The summed E-state index contributed by atoms with van der Waals surface area (Å²) in [6.07, 6.45) is 0.952. The molecule has 0 aliphatic heterocycles. The van der Waals surface area contributed by atoms with Gasteiger partial charge in [-0.05, 0) is 50.7 Å². The molecule has 0 radical (unpaired) electrons. The second-order valence-electron chi connectivity index (χ2n) is 4.66. The van der Waals surface area contributed by atoms with Gasteiger partial charge in [-0.2, -0.15) is 5.26 Å². The molecule has 5 heteroatoms. The molecule has 0 spiro atoms. The van der Waals surface area contributed by atoms with Crippen molar-refractivity contribution in [3.63, 3.8) is 0 Å². The van der Waals surface area contributed by atoms with E-state index in [-0.39, 0.29) is 5.54 Å². The number of nitrogens with zero attached hydrogens (tertiary/aromatic N) is 1. The van der Waals surface area contributed by atoms with Gasteiger partial charge in [0.1, 0.15) is 0 Å². The minimum atomic E-state index is -0.0687. The van der Waals surface area contributed by atoms with Crippen molar-refractivity contribution in [2.75, 3.05) is 5.32 Å². The molecule has 0 heterocycles. The van der Waals surface area contributed by atoms with Crippen LogP contribution in [0.2, 0.25) is 5.02 Å². The maximum absolute atomic E-state index is 8.86. The lowest BCUT2D eigenvalue weighted by Gasteiger charge is -2.26. The third-order valence-corrected chi connectivity index (χ3v) is 3.04. The Morgan fingerprint density at radius 2 is 2.11 bits per heavy atom. The lowest BCUT2D eigenvalue weighted by Crippen LogP contribution is -2.44. The quantitative estimate of drug-likeness (QED) is 0.830. The molecule has 0 aliphatic rings. The average molecular weight is 282 g/mol. The Morgan fingerprint density at radius 3 is 2.67 bits per heavy atom. The van der Waals surface area contributed by atoms with Gasteiger partial charge < -0.3 is 10.6 Å². The summed E-state index contributed by atoms with van der Waals surface area (Å²) in [5.41, 5.74) is 1.15. The average Bonchev–Trinajstić information content (AvgIpc) is 2.27. The van der Waals surface area contributed by atoms with Crippen LogP contribution in [-0.2, 0) is 0 Å². The van der Waals surface area contributed by atoms with E-state index in [9.17, 15) is 0 Å². The molecule has 1 rings (SSSR count). The van der Waals surface area contributed by atoms with Crippen molar-refractivity contribution in [3.05, 3.63) is 28.8 Å². The fourth-order valence-electron chi connectivity index (χ4n) is 1.28. The Labute approximate surface area is 118 Å². The van der Waals surface area contributed by atoms with Crippen molar-refractivity contribution < 1.29 is 0 Å². The predicted octanol–water partition coefficient (Wildman–Crippen LogP) is 3.69. The zero-order valence-electron chi connectivity index (χ0n) is 10.7. The van der Waals surface area contributed by atoms with Crippen LogP contribution >= 0.6 is 23.8 Å². The van der Waals surface area contributed by atoms with Crippen LogP contribution in [0.4, 0.5) is 5.69 Å². The molecule has 2 N–H and O–H groups in total. The van der Waals surface area contributed by atoms with Gasteiger partial charge in [-0.3, -0.25) is 0 Å². The molecule has 18 heavy (non-hydrogen) atoms. The van der Waals surface area contributed by atoms with E-state index in [4.69, 9.17) is 29.1 Å². The minimum Gasteiger partial charge on any atom is -0.358 e. The second kappa shape index (κ2) is 6.03. The second-order valence-corrected chi connectivity index (χ2v) is 5.50. The van der Waals surface area contributed by atoms with Crippen LogP contribution in [-0.4, -0.2) is 10.7 Å². The van der Waals surface area contributed by atoms with Gasteiger partial charge >= 0.3 is 0 Å². The summed E-state index contributed by atoms with van der Waals surface area (Å²) < 4.78 is 0. The molecule has 1 aromatic rings. The molecule has 1 aromatic carbocycles. The Kier molecular flexibility index (Phi) is 4.94. The van der Waals surface area contributed by atoms with E-state index in [1.54, 1.807) is 18.2 Å². The smallest absolute Gasteiger partial charge is 0.171 e. The Morgan fingerprint density at radius 1 is 1.44 bits per heavy atom. The molecule has 0 unspecified atom stereocenters. The SMILES string of the molecule is CCC(C)(C)NC(=S)Nc1cc(Cl)cc(C#N)c1. The van der Waals surface area contributed by atoms with Crippen LogP contribution in [0.15, 0.2) is 18.2 Å². The van der Waals surface area contributed by atoms with Gasteiger partial charge in [0.25, 0.3) is 0 Å². The summed E-state index contributed by atoms with van der Waals surface area (Å²) in [7, 11) is 0. The first-order valence-electron chi connectivity index (χ1n) is 5.66. The number of halogens is 1. The van der Waals surface area contributed by atoms with Crippen LogP contribution in [0.3, 0.4) is 0 Å². The van der Waals surface area contributed by atoms with E-state index >= 15 is 0 Å². The molecule has 0 aliphatic carbocycles. The van der Waals surface area contributed by atoms with Crippen molar-refractivity contribution in [1.29, 1.82) is 5.26 Å². The molecule has 0 atom stereocenters. The Hall–Kier alpha value is -1.31. The van der Waals surface area contributed by atoms with Crippen LogP contribution in [0.5, 0.6) is 0 Å². The first kappa shape index (κ1) is 14.7. The zero-order valence-corrected chi connectivity index (χ0v) is 12.2. The molecule has 0 fully saturated rings. The maximum Gasteiger partial charge on any atom is 0.171 e. The monoisotopic (exact) mass is 281 g/mol. The molecule has 96 valence electrons. The van der Waals surface area contributed by atoms with Crippen LogP contribution in [0, 0.1) is 11.3 Å². The summed E-state index contributed by atoms with van der Waals surface area (Å²) in [6, 6.07) is 7.10. The van der Waals surface area contributed by atoms with Crippen molar-refractivity contribution in [1.82, 2.24) is 5.32 Å². The summed E-state index contributed by atoms with van der Waals surface area (Å²) in [4.78, 5) is 0. The van der Waals surface area contributed by atoms with Crippen molar-refractivity contribution >= 4 is 34.6 Å². The van der Waals surface area contributed by atoms with E-state index in [1.807, 2.05) is 0 Å². The van der Waals surface area contributed by atoms with E-state index in [0.29, 0.717) is 21.4 Å². The number of hydrogen-bond acceptors (Lipinski definition) is 2. The van der Waals surface area contributed by atoms with Crippen molar-refractivity contribution in [2.45, 2.75) is 32.7 Å². The van der Waals surface area contributed by atoms with Gasteiger partial charge in [-0.25, -0.2) is 0 Å². The Bertz CT molecular complexity index is 491. The summed E-state index contributed by atoms with van der Waals surface area (Å²) in [6.45, 7) is 6.22. The zero-order chi connectivity index (χ0) is 13.8.